The molecule has 5 heteroatoms. The van der Waals surface area contributed by atoms with Crippen LogP contribution in [0.25, 0.3) is 0 Å². The van der Waals surface area contributed by atoms with Gasteiger partial charge in [0, 0.05) is 10.9 Å². The number of halogens is 1. The molecule has 1 aromatic rings. The molecule has 2 N–H and O–H groups in total. The predicted octanol–water partition coefficient (Wildman–Crippen LogP) is 2.48. The van der Waals surface area contributed by atoms with Gasteiger partial charge in [0.25, 0.3) is 0 Å². The summed E-state index contributed by atoms with van der Waals surface area (Å²) < 4.78 is 0. The number of amides is 1. The molecular weight excluding hydrogens is 230 g/mol. The van der Waals surface area contributed by atoms with Gasteiger partial charge in [0.1, 0.15) is 6.29 Å². The third kappa shape index (κ3) is 3.24. The van der Waals surface area contributed by atoms with Gasteiger partial charge in [-0.3, -0.25) is 0 Å². The standard InChI is InChI=1S/C11H12ClNO3/c1-7(6-14)10(13-11(15)16)8-2-4-9(12)5-3-8/h2-7,10,13H,1H3,(H,15,16)/t7-,10+/m1/s1. The number of benzene rings is 1. The van der Waals surface area contributed by atoms with Gasteiger partial charge < -0.3 is 15.2 Å². The van der Waals surface area contributed by atoms with Crippen molar-refractivity contribution < 1.29 is 14.7 Å². The van der Waals surface area contributed by atoms with Crippen molar-refractivity contribution >= 4 is 24.0 Å². The van der Waals surface area contributed by atoms with Gasteiger partial charge in [0.15, 0.2) is 0 Å². The Hall–Kier alpha value is -1.55. The van der Waals surface area contributed by atoms with Gasteiger partial charge in [-0.25, -0.2) is 4.79 Å². The third-order valence-electron chi connectivity index (χ3n) is 2.25. The lowest BCUT2D eigenvalue weighted by Gasteiger charge is -2.20. The first-order valence-electron chi connectivity index (χ1n) is 4.75. The van der Waals surface area contributed by atoms with Crippen LogP contribution in [0, 0.1) is 5.92 Å². The van der Waals surface area contributed by atoms with E-state index in [0.29, 0.717) is 10.6 Å². The molecule has 0 bridgehead atoms. The monoisotopic (exact) mass is 241 g/mol. The fraction of sp³-hybridized carbons (Fsp3) is 0.273. The second-order valence-electron chi connectivity index (χ2n) is 3.47. The summed E-state index contributed by atoms with van der Waals surface area (Å²) >= 11 is 5.73. The Morgan fingerprint density at radius 2 is 2.00 bits per heavy atom. The Balaban J connectivity index is 2.95. The zero-order valence-electron chi connectivity index (χ0n) is 8.68. The van der Waals surface area contributed by atoms with Crippen LogP contribution in [0.5, 0.6) is 0 Å². The van der Waals surface area contributed by atoms with Crippen LogP contribution in [0.4, 0.5) is 4.79 Å². The summed E-state index contributed by atoms with van der Waals surface area (Å²) in [4.78, 5) is 21.3. The number of hydrogen-bond donors (Lipinski definition) is 2. The molecule has 0 heterocycles. The van der Waals surface area contributed by atoms with E-state index in [1.165, 1.54) is 0 Å². The molecular formula is C11H12ClNO3. The van der Waals surface area contributed by atoms with E-state index in [4.69, 9.17) is 16.7 Å². The molecule has 1 aromatic carbocycles. The van der Waals surface area contributed by atoms with Crippen molar-refractivity contribution in [2.75, 3.05) is 0 Å². The summed E-state index contributed by atoms with van der Waals surface area (Å²) in [7, 11) is 0. The SMILES string of the molecule is C[C@H](C=O)[C@H](NC(=O)O)c1ccc(Cl)cc1. The first-order valence-corrected chi connectivity index (χ1v) is 5.12. The fourth-order valence-corrected chi connectivity index (χ4v) is 1.53. The van der Waals surface area contributed by atoms with E-state index in [-0.39, 0.29) is 0 Å². The maximum absolute atomic E-state index is 10.7. The van der Waals surface area contributed by atoms with Crippen LogP contribution in [0.15, 0.2) is 24.3 Å². The Kier molecular flexibility index (Phi) is 4.31. The third-order valence-corrected chi connectivity index (χ3v) is 2.50. The highest BCUT2D eigenvalue weighted by Crippen LogP contribution is 2.22. The Morgan fingerprint density at radius 3 is 2.44 bits per heavy atom. The van der Waals surface area contributed by atoms with Gasteiger partial charge in [0.2, 0.25) is 0 Å². The molecule has 0 radical (unpaired) electrons. The Labute approximate surface area is 98.2 Å². The van der Waals surface area contributed by atoms with Crippen LogP contribution in [0.3, 0.4) is 0 Å². The number of rotatable bonds is 4. The highest BCUT2D eigenvalue weighted by atomic mass is 35.5. The molecule has 0 aromatic heterocycles. The maximum Gasteiger partial charge on any atom is 0.405 e. The number of carboxylic acid groups (broad SMARTS) is 1. The molecule has 0 aliphatic carbocycles. The minimum Gasteiger partial charge on any atom is -0.465 e. The average Bonchev–Trinajstić information content (AvgIpc) is 2.26. The molecule has 0 aliphatic rings. The van der Waals surface area contributed by atoms with Crippen LogP contribution >= 0.6 is 11.6 Å². The number of nitrogens with one attached hydrogen (secondary N) is 1. The lowest BCUT2D eigenvalue weighted by atomic mass is 9.96. The number of carbonyl (C=O) groups excluding carboxylic acids is 1. The topological polar surface area (TPSA) is 66.4 Å². The summed E-state index contributed by atoms with van der Waals surface area (Å²) in [6.07, 6.45) is -0.441. The smallest absolute Gasteiger partial charge is 0.405 e. The van der Waals surface area contributed by atoms with Crippen LogP contribution in [-0.2, 0) is 4.79 Å². The van der Waals surface area contributed by atoms with Crippen molar-refractivity contribution in [2.45, 2.75) is 13.0 Å². The summed E-state index contributed by atoms with van der Waals surface area (Å²) in [5.41, 5.74) is 0.714. The minimum absolute atomic E-state index is 0.433. The van der Waals surface area contributed by atoms with Crippen molar-refractivity contribution in [3.8, 4) is 0 Å². The fourth-order valence-electron chi connectivity index (χ4n) is 1.40. The van der Waals surface area contributed by atoms with E-state index in [1.54, 1.807) is 31.2 Å². The van der Waals surface area contributed by atoms with Crippen LogP contribution in [0.2, 0.25) is 5.02 Å². The van der Waals surface area contributed by atoms with Crippen molar-refractivity contribution in [3.63, 3.8) is 0 Å². The van der Waals surface area contributed by atoms with Crippen molar-refractivity contribution in [2.24, 2.45) is 5.92 Å². The molecule has 0 saturated carbocycles. The first-order chi connectivity index (χ1) is 7.54. The minimum atomic E-state index is -1.16. The van der Waals surface area contributed by atoms with E-state index in [9.17, 15) is 9.59 Å². The molecule has 16 heavy (non-hydrogen) atoms. The highest BCUT2D eigenvalue weighted by molar-refractivity contribution is 6.30. The van der Waals surface area contributed by atoms with Gasteiger partial charge in [-0.15, -0.1) is 0 Å². The summed E-state index contributed by atoms with van der Waals surface area (Å²) in [6, 6.07) is 6.16. The first kappa shape index (κ1) is 12.5. The van der Waals surface area contributed by atoms with Crippen molar-refractivity contribution in [1.82, 2.24) is 5.32 Å². The predicted molar refractivity (Wildman–Crippen MR) is 60.6 cm³/mol. The van der Waals surface area contributed by atoms with Gasteiger partial charge in [-0.2, -0.15) is 0 Å². The highest BCUT2D eigenvalue weighted by Gasteiger charge is 2.20. The molecule has 86 valence electrons. The molecule has 0 fully saturated rings. The lowest BCUT2D eigenvalue weighted by molar-refractivity contribution is -0.111. The number of carbonyl (C=O) groups is 2. The van der Waals surface area contributed by atoms with E-state index in [0.717, 1.165) is 6.29 Å². The second kappa shape index (κ2) is 5.51. The molecule has 0 saturated heterocycles. The second-order valence-corrected chi connectivity index (χ2v) is 3.91. The number of hydrogen-bond acceptors (Lipinski definition) is 2. The molecule has 1 rings (SSSR count). The average molecular weight is 242 g/mol. The summed E-state index contributed by atoms with van der Waals surface area (Å²) in [5, 5.41) is 11.6. The quantitative estimate of drug-likeness (QED) is 0.796. The van der Waals surface area contributed by atoms with E-state index >= 15 is 0 Å². The van der Waals surface area contributed by atoms with Crippen molar-refractivity contribution in [3.05, 3.63) is 34.9 Å². The van der Waals surface area contributed by atoms with E-state index in [1.807, 2.05) is 0 Å². The Bertz CT molecular complexity index is 377. The molecule has 1 amide bonds. The lowest BCUT2D eigenvalue weighted by Crippen LogP contribution is -2.31. The van der Waals surface area contributed by atoms with E-state index in [2.05, 4.69) is 5.32 Å². The van der Waals surface area contributed by atoms with Crippen LogP contribution in [-0.4, -0.2) is 17.5 Å². The van der Waals surface area contributed by atoms with Gasteiger partial charge >= 0.3 is 6.09 Å². The Morgan fingerprint density at radius 1 is 1.44 bits per heavy atom. The zero-order valence-corrected chi connectivity index (χ0v) is 9.44. The largest absolute Gasteiger partial charge is 0.465 e. The van der Waals surface area contributed by atoms with Gasteiger partial charge in [-0.05, 0) is 17.7 Å². The maximum atomic E-state index is 10.7. The van der Waals surface area contributed by atoms with Crippen molar-refractivity contribution in [1.29, 1.82) is 0 Å². The molecule has 4 nitrogen and oxygen atoms in total. The molecule has 0 unspecified atom stereocenters. The normalized spacial score (nSPS) is 13.9. The van der Waals surface area contributed by atoms with Gasteiger partial charge in [0.05, 0.1) is 6.04 Å². The number of aldehydes is 1. The van der Waals surface area contributed by atoms with E-state index < -0.39 is 18.1 Å². The van der Waals surface area contributed by atoms with Crippen LogP contribution < -0.4 is 5.32 Å². The molecule has 2 atom stereocenters. The summed E-state index contributed by atoms with van der Waals surface area (Å²) in [6.45, 7) is 1.65. The molecule has 0 spiro atoms. The molecule has 0 aliphatic heterocycles. The zero-order chi connectivity index (χ0) is 12.1. The van der Waals surface area contributed by atoms with Crippen LogP contribution in [0.1, 0.15) is 18.5 Å². The van der Waals surface area contributed by atoms with Gasteiger partial charge in [-0.1, -0.05) is 30.7 Å². The summed E-state index contributed by atoms with van der Waals surface area (Å²) in [5.74, 6) is -0.433.